The summed E-state index contributed by atoms with van der Waals surface area (Å²) < 4.78 is 45.6. The third-order valence-electron chi connectivity index (χ3n) is 4.86. The van der Waals surface area contributed by atoms with Gasteiger partial charge in [-0.2, -0.15) is 13.2 Å². The van der Waals surface area contributed by atoms with Crippen LogP contribution in [0, 0.1) is 0 Å². The normalized spacial score (nSPS) is 21.5. The van der Waals surface area contributed by atoms with Crippen LogP contribution in [0.4, 0.5) is 13.2 Å². The molecule has 1 aromatic rings. The van der Waals surface area contributed by atoms with Crippen LogP contribution >= 0.6 is 34.2 Å². The summed E-state index contributed by atoms with van der Waals surface area (Å²) in [7, 11) is 0. The highest BCUT2D eigenvalue weighted by molar-refractivity contribution is 14.1. The van der Waals surface area contributed by atoms with Crippen molar-refractivity contribution in [2.24, 2.45) is 10.7 Å². The molecule has 29 heavy (non-hydrogen) atoms. The average Bonchev–Trinajstić information content (AvgIpc) is 2.67. The van der Waals surface area contributed by atoms with Crippen LogP contribution in [0.5, 0.6) is 0 Å². The largest absolute Gasteiger partial charge is 0.417 e. The number of amides is 1. The summed E-state index contributed by atoms with van der Waals surface area (Å²) in [6, 6.07) is 3.32. The minimum Gasteiger partial charge on any atom is -0.400 e. The first-order valence-electron chi connectivity index (χ1n) is 9.16. The summed E-state index contributed by atoms with van der Waals surface area (Å²) in [4.78, 5) is 18.8. The lowest BCUT2D eigenvalue weighted by Crippen LogP contribution is -2.40. The van der Waals surface area contributed by atoms with E-state index in [4.69, 9.17) is 22.1 Å². The Bertz CT molecular complexity index is 852. The Morgan fingerprint density at radius 3 is 2.72 bits per heavy atom. The molecule has 5 nitrogen and oxygen atoms in total. The van der Waals surface area contributed by atoms with Crippen LogP contribution in [0.1, 0.15) is 41.6 Å². The van der Waals surface area contributed by atoms with Crippen LogP contribution in [0.2, 0.25) is 5.02 Å². The molecule has 3 rings (SSSR count). The van der Waals surface area contributed by atoms with Crippen molar-refractivity contribution in [3.8, 4) is 0 Å². The molecule has 2 N–H and O–H groups in total. The van der Waals surface area contributed by atoms with Gasteiger partial charge in [0.25, 0.3) is 5.91 Å². The zero-order valence-electron chi connectivity index (χ0n) is 15.4. The number of benzene rings is 1. The first-order valence-corrected chi connectivity index (χ1v) is 10.6. The van der Waals surface area contributed by atoms with Crippen molar-refractivity contribution in [1.82, 2.24) is 4.90 Å². The summed E-state index contributed by atoms with van der Waals surface area (Å²) in [5.41, 5.74) is 6.28. The van der Waals surface area contributed by atoms with E-state index in [1.54, 1.807) is 0 Å². The molecule has 0 saturated carbocycles. The van der Waals surface area contributed by atoms with E-state index in [0.717, 1.165) is 34.6 Å². The summed E-state index contributed by atoms with van der Waals surface area (Å²) >= 11 is 8.00. The number of halogens is 5. The van der Waals surface area contributed by atoms with Crippen molar-refractivity contribution in [2.75, 3.05) is 19.7 Å². The fraction of sp³-hybridized carbons (Fsp3) is 0.474. The quantitative estimate of drug-likeness (QED) is 0.443. The molecule has 0 spiro atoms. The van der Waals surface area contributed by atoms with Gasteiger partial charge in [-0.05, 0) is 60.4 Å². The minimum absolute atomic E-state index is 0.105. The monoisotopic (exact) mass is 541 g/mol. The van der Waals surface area contributed by atoms with Gasteiger partial charge in [-0.1, -0.05) is 17.7 Å². The van der Waals surface area contributed by atoms with Crippen molar-refractivity contribution in [3.63, 3.8) is 0 Å². The number of nitrogens with zero attached hydrogens (tertiary/aromatic N) is 2. The van der Waals surface area contributed by atoms with Gasteiger partial charge in [0.15, 0.2) is 0 Å². The lowest BCUT2D eigenvalue weighted by molar-refractivity contribution is -0.137. The van der Waals surface area contributed by atoms with Gasteiger partial charge < -0.3 is 15.4 Å². The van der Waals surface area contributed by atoms with Gasteiger partial charge >= 0.3 is 6.18 Å². The molecular formula is C19H20ClF3IN3O2. The second kappa shape index (κ2) is 9.22. The molecule has 1 aromatic carbocycles. The summed E-state index contributed by atoms with van der Waals surface area (Å²) in [5, 5.41) is -0.594. The molecule has 158 valence electrons. The molecule has 1 fully saturated rings. The summed E-state index contributed by atoms with van der Waals surface area (Å²) in [5.74, 6) is -0.578. The zero-order valence-corrected chi connectivity index (χ0v) is 18.4. The predicted molar refractivity (Wildman–Crippen MR) is 113 cm³/mol. The lowest BCUT2D eigenvalue weighted by Gasteiger charge is -2.30. The summed E-state index contributed by atoms with van der Waals surface area (Å²) in [6.07, 6.45) is -1.40. The highest BCUT2D eigenvalue weighted by atomic mass is 127. The van der Waals surface area contributed by atoms with Gasteiger partial charge in [0.1, 0.15) is 9.95 Å². The van der Waals surface area contributed by atoms with Gasteiger partial charge in [-0.25, -0.2) is 4.99 Å². The van der Waals surface area contributed by atoms with Crippen LogP contribution in [-0.4, -0.2) is 40.4 Å². The number of aliphatic imine (C=N–C) groups is 1. The van der Waals surface area contributed by atoms with Crippen molar-refractivity contribution in [1.29, 1.82) is 0 Å². The highest BCUT2D eigenvalue weighted by Gasteiger charge is 2.35. The molecule has 2 aliphatic heterocycles. The van der Waals surface area contributed by atoms with E-state index in [1.807, 2.05) is 0 Å². The standard InChI is InChI=1S/C19H20ClF3IN3O2/c20-16-12(4-3-5-13(16)19(21,22)23)18(28)27-8-7-11(14(25)10-27)17(24)26-15-6-1-2-9-29-15/h3-5,15H,1-2,6-10,25H2. The Morgan fingerprint density at radius 1 is 1.34 bits per heavy atom. The fourth-order valence-electron chi connectivity index (χ4n) is 3.31. The van der Waals surface area contributed by atoms with E-state index in [9.17, 15) is 18.0 Å². The molecule has 1 amide bonds. The smallest absolute Gasteiger partial charge is 0.400 e. The van der Waals surface area contributed by atoms with E-state index >= 15 is 0 Å². The number of hydrogen-bond acceptors (Lipinski definition) is 4. The second-order valence-electron chi connectivity index (χ2n) is 6.89. The fourth-order valence-corrected chi connectivity index (χ4v) is 4.55. The first-order chi connectivity index (χ1) is 13.7. The maximum Gasteiger partial charge on any atom is 0.417 e. The van der Waals surface area contributed by atoms with Gasteiger partial charge in [-0.15, -0.1) is 0 Å². The Labute approximate surface area is 185 Å². The molecule has 2 aliphatic rings. The molecule has 0 aromatic heterocycles. The van der Waals surface area contributed by atoms with Crippen LogP contribution in [0.25, 0.3) is 0 Å². The number of ether oxygens (including phenoxy) is 1. The average molecular weight is 542 g/mol. The number of carbonyl (C=O) groups excluding carboxylic acids is 1. The van der Waals surface area contributed by atoms with E-state index in [2.05, 4.69) is 27.6 Å². The van der Waals surface area contributed by atoms with Crippen molar-refractivity contribution in [2.45, 2.75) is 38.1 Å². The van der Waals surface area contributed by atoms with Crippen molar-refractivity contribution < 1.29 is 22.7 Å². The third kappa shape index (κ3) is 5.24. The Kier molecular flexibility index (Phi) is 7.10. The maximum atomic E-state index is 13.1. The number of rotatable bonds is 3. The number of alkyl halides is 3. The van der Waals surface area contributed by atoms with Crippen molar-refractivity contribution >= 4 is 43.8 Å². The Morgan fingerprint density at radius 2 is 2.10 bits per heavy atom. The number of hydrogen-bond donors (Lipinski definition) is 1. The Hall–Kier alpha value is -1.33. The maximum absolute atomic E-state index is 13.1. The zero-order chi connectivity index (χ0) is 21.2. The first kappa shape index (κ1) is 22.4. The third-order valence-corrected chi connectivity index (χ3v) is 6.20. The molecule has 10 heteroatoms. The molecule has 0 aliphatic carbocycles. The molecule has 1 atom stereocenters. The molecular weight excluding hydrogens is 522 g/mol. The van der Waals surface area contributed by atoms with E-state index < -0.39 is 22.7 Å². The molecule has 1 saturated heterocycles. The van der Waals surface area contributed by atoms with Gasteiger partial charge in [0.05, 0.1) is 22.7 Å². The van der Waals surface area contributed by atoms with E-state index in [1.165, 1.54) is 17.0 Å². The Balaban J connectivity index is 1.77. The van der Waals surface area contributed by atoms with Crippen LogP contribution < -0.4 is 5.73 Å². The predicted octanol–water partition coefficient (Wildman–Crippen LogP) is 4.78. The van der Waals surface area contributed by atoms with Crippen molar-refractivity contribution in [3.05, 3.63) is 45.6 Å². The molecule has 0 radical (unpaired) electrons. The van der Waals surface area contributed by atoms with Gasteiger partial charge in [0, 0.05) is 24.4 Å². The minimum atomic E-state index is -4.63. The topological polar surface area (TPSA) is 67.9 Å². The van der Waals surface area contributed by atoms with Crippen LogP contribution in [-0.2, 0) is 10.9 Å². The second-order valence-corrected chi connectivity index (χ2v) is 8.29. The number of nitrogens with two attached hydrogens (primary N) is 1. The van der Waals surface area contributed by atoms with Crippen LogP contribution in [0.3, 0.4) is 0 Å². The van der Waals surface area contributed by atoms with Gasteiger partial charge in [0.2, 0.25) is 0 Å². The number of carbonyl (C=O) groups is 1. The lowest BCUT2D eigenvalue weighted by atomic mass is 10.0. The van der Waals surface area contributed by atoms with Gasteiger partial charge in [-0.3, -0.25) is 4.79 Å². The SMILES string of the molecule is NC1=C(C(I)=NC2CCCCO2)CCN(C(=O)c2cccc(C(F)(F)F)c2Cl)C1. The summed E-state index contributed by atoms with van der Waals surface area (Å²) in [6.45, 7) is 1.11. The molecule has 0 bridgehead atoms. The molecule has 2 heterocycles. The highest BCUT2D eigenvalue weighted by Crippen LogP contribution is 2.37. The van der Waals surface area contributed by atoms with E-state index in [0.29, 0.717) is 25.3 Å². The molecule has 1 unspecified atom stereocenters. The van der Waals surface area contributed by atoms with E-state index in [-0.39, 0.29) is 18.3 Å². The van der Waals surface area contributed by atoms with Crippen LogP contribution in [0.15, 0.2) is 34.5 Å².